The second-order valence-electron chi connectivity index (χ2n) is 4.90. The van der Waals surface area contributed by atoms with Crippen LogP contribution < -0.4 is 21.3 Å². The van der Waals surface area contributed by atoms with Gasteiger partial charge in [0.05, 0.1) is 25.6 Å². The third kappa shape index (κ3) is 7.95. The smallest absolute Gasteiger partial charge is 0.413 e. The molecule has 0 spiro atoms. The van der Waals surface area contributed by atoms with E-state index in [0.717, 1.165) is 6.42 Å². The van der Waals surface area contributed by atoms with E-state index in [1.165, 1.54) is 14.2 Å². The van der Waals surface area contributed by atoms with E-state index in [-0.39, 0.29) is 10.2 Å². The Bertz CT molecular complexity index is 717. The first-order valence-electron chi connectivity index (χ1n) is 7.65. The highest BCUT2D eigenvalue weighted by Crippen LogP contribution is 2.26. The summed E-state index contributed by atoms with van der Waals surface area (Å²) < 4.78 is 21.2. The predicted molar refractivity (Wildman–Crippen MR) is 112 cm³/mol. The van der Waals surface area contributed by atoms with Crippen LogP contribution in [0.5, 0.6) is 0 Å². The Morgan fingerprint density at radius 2 is 1.56 bits per heavy atom. The number of rotatable bonds is 5. The van der Waals surface area contributed by atoms with E-state index >= 15 is 0 Å². The summed E-state index contributed by atoms with van der Waals surface area (Å²) in [4.78, 5) is 23.1. The number of benzene rings is 1. The molecule has 1 aromatic rings. The topological polar surface area (TPSA) is 124 Å². The normalized spacial score (nSPS) is 11.0. The van der Waals surface area contributed by atoms with Crippen LogP contribution in [0.2, 0.25) is 0 Å². The summed E-state index contributed by atoms with van der Waals surface area (Å²) in [6.45, 7) is 1.93. The van der Waals surface area contributed by atoms with Crippen LogP contribution in [0.15, 0.2) is 23.1 Å². The SMILES string of the molecule is CCC[S+]([O-])c1ccc(NC(=S)NC(=O)OC)c(NC(=S)NC(=O)OC)c1. The van der Waals surface area contributed by atoms with Crippen LogP contribution in [-0.2, 0) is 20.6 Å². The number of carbonyl (C=O) groups excluding carboxylic acids is 2. The summed E-state index contributed by atoms with van der Waals surface area (Å²) in [5.41, 5.74) is 0.829. The van der Waals surface area contributed by atoms with Crippen molar-refractivity contribution in [1.29, 1.82) is 0 Å². The van der Waals surface area contributed by atoms with Crippen LogP contribution in [0.25, 0.3) is 0 Å². The second kappa shape index (κ2) is 11.5. The van der Waals surface area contributed by atoms with Crippen LogP contribution in [0.4, 0.5) is 21.0 Å². The molecule has 1 unspecified atom stereocenters. The van der Waals surface area contributed by atoms with Gasteiger partial charge in [-0.2, -0.15) is 0 Å². The first-order valence-corrected chi connectivity index (χ1v) is 9.78. The second-order valence-corrected chi connectivity index (χ2v) is 7.29. The molecule has 9 nitrogen and oxygen atoms in total. The Kier molecular flexibility index (Phi) is 9.78. The van der Waals surface area contributed by atoms with E-state index in [9.17, 15) is 14.1 Å². The first kappa shape index (κ1) is 22.9. The van der Waals surface area contributed by atoms with Crippen molar-refractivity contribution in [2.75, 3.05) is 30.6 Å². The van der Waals surface area contributed by atoms with Gasteiger partial charge in [0.1, 0.15) is 5.75 Å². The van der Waals surface area contributed by atoms with E-state index < -0.39 is 23.4 Å². The van der Waals surface area contributed by atoms with E-state index in [1.54, 1.807) is 18.2 Å². The summed E-state index contributed by atoms with van der Waals surface area (Å²) in [6.07, 6.45) is -0.716. The number of hydrogen-bond acceptors (Lipinski definition) is 7. The first-order chi connectivity index (χ1) is 12.8. The fourth-order valence-corrected chi connectivity index (χ4v) is 3.24. The largest absolute Gasteiger partial charge is 0.611 e. The minimum Gasteiger partial charge on any atom is -0.611 e. The monoisotopic (exact) mass is 432 g/mol. The number of methoxy groups -OCH3 is 2. The van der Waals surface area contributed by atoms with Gasteiger partial charge in [-0.05, 0) is 54.2 Å². The van der Waals surface area contributed by atoms with Gasteiger partial charge in [-0.1, -0.05) is 6.92 Å². The van der Waals surface area contributed by atoms with Gasteiger partial charge in [0.15, 0.2) is 15.1 Å². The molecule has 2 amide bonds. The van der Waals surface area contributed by atoms with Crippen LogP contribution in [-0.4, -0.2) is 46.9 Å². The van der Waals surface area contributed by atoms with E-state index in [2.05, 4.69) is 30.7 Å². The van der Waals surface area contributed by atoms with Gasteiger partial charge in [0.25, 0.3) is 0 Å². The molecule has 1 atom stereocenters. The number of anilines is 2. The zero-order valence-corrected chi connectivity index (χ0v) is 17.4. The molecule has 27 heavy (non-hydrogen) atoms. The van der Waals surface area contributed by atoms with Crippen LogP contribution >= 0.6 is 24.4 Å². The van der Waals surface area contributed by atoms with Crippen molar-refractivity contribution in [3.05, 3.63) is 18.2 Å². The molecule has 0 fully saturated rings. The third-order valence-electron chi connectivity index (χ3n) is 2.94. The van der Waals surface area contributed by atoms with Crippen LogP contribution in [0.1, 0.15) is 13.3 Å². The Morgan fingerprint density at radius 1 is 1.04 bits per heavy atom. The number of ether oxygens (including phenoxy) is 2. The van der Waals surface area contributed by atoms with E-state index in [4.69, 9.17) is 24.4 Å². The molecule has 0 aliphatic rings. The molecule has 0 radical (unpaired) electrons. The number of carbonyl (C=O) groups is 2. The molecule has 0 aliphatic carbocycles. The van der Waals surface area contributed by atoms with Gasteiger partial charge >= 0.3 is 12.2 Å². The lowest BCUT2D eigenvalue weighted by atomic mass is 10.2. The summed E-state index contributed by atoms with van der Waals surface area (Å²) in [5, 5.41) is 10.2. The highest BCUT2D eigenvalue weighted by atomic mass is 32.2. The van der Waals surface area contributed by atoms with E-state index in [0.29, 0.717) is 22.0 Å². The number of alkyl carbamates (subject to hydrolysis) is 2. The van der Waals surface area contributed by atoms with Crippen molar-refractivity contribution in [3.63, 3.8) is 0 Å². The Labute approximate surface area is 170 Å². The molecule has 0 aromatic heterocycles. The summed E-state index contributed by atoms with van der Waals surface area (Å²) in [6, 6.07) is 4.90. The van der Waals surface area contributed by atoms with Crippen molar-refractivity contribution < 1.29 is 23.6 Å². The zero-order chi connectivity index (χ0) is 20.4. The number of amides is 2. The molecule has 148 valence electrons. The van der Waals surface area contributed by atoms with Crippen molar-refractivity contribution in [1.82, 2.24) is 10.6 Å². The summed E-state index contributed by atoms with van der Waals surface area (Å²) in [5.74, 6) is 0.499. The molecule has 4 N–H and O–H groups in total. The average molecular weight is 433 g/mol. The maximum absolute atomic E-state index is 12.3. The fourth-order valence-electron chi connectivity index (χ4n) is 1.78. The van der Waals surface area contributed by atoms with E-state index in [1.807, 2.05) is 6.92 Å². The maximum atomic E-state index is 12.3. The molecule has 0 saturated carbocycles. The molecule has 1 aromatic carbocycles. The van der Waals surface area contributed by atoms with Crippen molar-refractivity contribution in [2.45, 2.75) is 18.2 Å². The molecule has 1 rings (SSSR count). The molecule has 0 heterocycles. The number of nitrogens with one attached hydrogen (secondary N) is 4. The van der Waals surface area contributed by atoms with Gasteiger partial charge < -0.3 is 24.7 Å². The van der Waals surface area contributed by atoms with Gasteiger partial charge in [-0.3, -0.25) is 10.6 Å². The Morgan fingerprint density at radius 3 is 2.04 bits per heavy atom. The lowest BCUT2D eigenvalue weighted by Crippen LogP contribution is -2.35. The van der Waals surface area contributed by atoms with Crippen LogP contribution in [0.3, 0.4) is 0 Å². The molecular weight excluding hydrogens is 412 g/mol. The standard InChI is InChI=1S/C15H20N4O5S3/c1-4-7-27(22)9-5-6-10(16-12(25)18-14(20)23-2)11(8-9)17-13(26)19-15(21)24-3/h5-6,8H,4,7H2,1-3H3,(H2,16,18,20,25)(H2,17,19,21,26). The minimum absolute atomic E-state index is 0.0147. The van der Waals surface area contributed by atoms with Crippen molar-refractivity contribution in [3.8, 4) is 0 Å². The molecule has 12 heteroatoms. The van der Waals surface area contributed by atoms with Gasteiger partial charge in [0, 0.05) is 6.07 Å². The van der Waals surface area contributed by atoms with Gasteiger partial charge in [-0.15, -0.1) is 0 Å². The third-order valence-corrected chi connectivity index (χ3v) is 4.91. The summed E-state index contributed by atoms with van der Waals surface area (Å²) in [7, 11) is 2.41. The Balaban J connectivity index is 3.05. The highest BCUT2D eigenvalue weighted by Gasteiger charge is 2.16. The molecule has 0 bridgehead atoms. The van der Waals surface area contributed by atoms with Crippen molar-refractivity contribution >= 4 is 69.4 Å². The summed E-state index contributed by atoms with van der Waals surface area (Å²) >= 11 is 8.89. The van der Waals surface area contributed by atoms with Gasteiger partial charge in [0.2, 0.25) is 0 Å². The minimum atomic E-state index is -1.20. The number of thiocarbonyl (C=S) groups is 2. The van der Waals surface area contributed by atoms with Crippen LogP contribution in [0, 0.1) is 0 Å². The van der Waals surface area contributed by atoms with Crippen molar-refractivity contribution in [2.24, 2.45) is 0 Å². The quantitative estimate of drug-likeness (QED) is 0.410. The lowest BCUT2D eigenvalue weighted by molar-refractivity contribution is 0.176. The highest BCUT2D eigenvalue weighted by molar-refractivity contribution is 7.91. The predicted octanol–water partition coefficient (Wildman–Crippen LogP) is 2.31. The lowest BCUT2D eigenvalue weighted by Gasteiger charge is -2.17. The van der Waals surface area contributed by atoms with Gasteiger partial charge in [-0.25, -0.2) is 9.59 Å². The number of hydrogen-bond donors (Lipinski definition) is 4. The average Bonchev–Trinajstić information content (AvgIpc) is 2.62. The fraction of sp³-hybridized carbons (Fsp3) is 0.333. The maximum Gasteiger partial charge on any atom is 0.413 e. The molecule has 0 aliphatic heterocycles. The molecular formula is C15H20N4O5S3. The zero-order valence-electron chi connectivity index (χ0n) is 14.9. The Hall–Kier alpha value is -2.15. The molecule has 0 saturated heterocycles.